The quantitative estimate of drug-likeness (QED) is 0.708. The number of furan rings is 1. The molecule has 30 heavy (non-hydrogen) atoms. The van der Waals surface area contributed by atoms with Crippen molar-refractivity contribution in [3.8, 4) is 0 Å². The number of anilines is 1. The molecule has 1 N–H and O–H groups in total. The second kappa shape index (κ2) is 10.2. The van der Waals surface area contributed by atoms with Crippen LogP contribution in [0, 0.1) is 5.82 Å². The van der Waals surface area contributed by atoms with E-state index in [9.17, 15) is 14.0 Å². The van der Waals surface area contributed by atoms with Gasteiger partial charge in [-0.05, 0) is 51.0 Å². The Morgan fingerprint density at radius 1 is 1.23 bits per heavy atom. The fourth-order valence-corrected chi connectivity index (χ4v) is 3.36. The minimum atomic E-state index is -0.529. The van der Waals surface area contributed by atoms with Crippen LogP contribution in [0.1, 0.15) is 32.4 Å². The Hall–Kier alpha value is -2.87. The predicted octanol–water partition coefficient (Wildman–Crippen LogP) is 3.87. The van der Waals surface area contributed by atoms with Crippen LogP contribution in [0.25, 0.3) is 0 Å². The van der Waals surface area contributed by atoms with E-state index < -0.39 is 11.8 Å². The Kier molecular flexibility index (Phi) is 7.46. The van der Waals surface area contributed by atoms with Gasteiger partial charge in [0.15, 0.2) is 0 Å². The van der Waals surface area contributed by atoms with Gasteiger partial charge < -0.3 is 24.3 Å². The number of rotatable bonds is 8. The van der Waals surface area contributed by atoms with Crippen molar-refractivity contribution in [2.24, 2.45) is 0 Å². The Balaban J connectivity index is 1.69. The number of urea groups is 1. The van der Waals surface area contributed by atoms with Crippen molar-refractivity contribution in [3.05, 3.63) is 54.2 Å². The van der Waals surface area contributed by atoms with E-state index in [1.54, 1.807) is 35.4 Å². The molecule has 1 aliphatic heterocycles. The number of benzene rings is 1. The molecule has 0 radical (unpaired) electrons. The third-order valence-corrected chi connectivity index (χ3v) is 5.03. The van der Waals surface area contributed by atoms with E-state index in [0.717, 1.165) is 12.8 Å². The number of halogens is 1. The highest BCUT2D eigenvalue weighted by atomic mass is 19.1. The Bertz CT molecular complexity index is 835. The smallest absolute Gasteiger partial charge is 0.322 e. The van der Waals surface area contributed by atoms with Gasteiger partial charge in [0, 0.05) is 19.2 Å². The molecule has 3 rings (SSSR count). The van der Waals surface area contributed by atoms with E-state index in [-0.39, 0.29) is 30.3 Å². The summed E-state index contributed by atoms with van der Waals surface area (Å²) >= 11 is 0. The lowest BCUT2D eigenvalue weighted by atomic mass is 10.2. The summed E-state index contributed by atoms with van der Waals surface area (Å²) in [5, 5.41) is 2.55. The Labute approximate surface area is 175 Å². The molecule has 3 amide bonds. The van der Waals surface area contributed by atoms with Crippen molar-refractivity contribution < 1.29 is 23.1 Å². The summed E-state index contributed by atoms with van der Waals surface area (Å²) in [6.07, 6.45) is 3.40. The molecule has 1 fully saturated rings. The molecule has 7 nitrogen and oxygen atoms in total. The molecule has 0 unspecified atom stereocenters. The van der Waals surface area contributed by atoms with Gasteiger partial charge in [0.05, 0.1) is 24.6 Å². The molecule has 1 aromatic heterocycles. The van der Waals surface area contributed by atoms with Gasteiger partial charge in [-0.1, -0.05) is 12.1 Å². The molecule has 8 heteroatoms. The molecule has 0 saturated carbocycles. The van der Waals surface area contributed by atoms with E-state index in [0.29, 0.717) is 25.5 Å². The summed E-state index contributed by atoms with van der Waals surface area (Å²) < 4.78 is 25.0. The van der Waals surface area contributed by atoms with E-state index in [1.165, 1.54) is 17.0 Å². The van der Waals surface area contributed by atoms with Crippen LogP contribution >= 0.6 is 0 Å². The maximum absolute atomic E-state index is 13.9. The van der Waals surface area contributed by atoms with Crippen molar-refractivity contribution in [3.63, 3.8) is 0 Å². The lowest BCUT2D eigenvalue weighted by molar-refractivity contribution is -0.134. The summed E-state index contributed by atoms with van der Waals surface area (Å²) in [5.41, 5.74) is 0.0763. The van der Waals surface area contributed by atoms with E-state index in [4.69, 9.17) is 9.15 Å². The van der Waals surface area contributed by atoms with Gasteiger partial charge in [-0.15, -0.1) is 0 Å². The van der Waals surface area contributed by atoms with E-state index in [1.807, 2.05) is 13.8 Å². The third-order valence-electron chi connectivity index (χ3n) is 5.03. The summed E-state index contributed by atoms with van der Waals surface area (Å²) in [5.74, 6) is -0.0914. The zero-order valence-electron chi connectivity index (χ0n) is 17.3. The van der Waals surface area contributed by atoms with Crippen molar-refractivity contribution >= 4 is 17.6 Å². The molecule has 2 aromatic rings. The zero-order valence-corrected chi connectivity index (χ0v) is 17.3. The Morgan fingerprint density at radius 2 is 2.03 bits per heavy atom. The topological polar surface area (TPSA) is 75.0 Å². The first-order chi connectivity index (χ1) is 14.4. The van der Waals surface area contributed by atoms with Crippen LogP contribution in [-0.2, 0) is 16.1 Å². The monoisotopic (exact) mass is 417 g/mol. The highest BCUT2D eigenvalue weighted by Gasteiger charge is 2.27. The first-order valence-electron chi connectivity index (χ1n) is 10.2. The van der Waals surface area contributed by atoms with Crippen LogP contribution in [0.3, 0.4) is 0 Å². The van der Waals surface area contributed by atoms with Crippen molar-refractivity contribution in [1.29, 1.82) is 0 Å². The molecule has 0 bridgehead atoms. The molecule has 0 aliphatic carbocycles. The number of nitrogens with one attached hydrogen (secondary N) is 1. The molecular formula is C22H28FN3O4. The minimum absolute atomic E-state index is 0.0244. The summed E-state index contributed by atoms with van der Waals surface area (Å²) in [6.45, 7) is 4.91. The van der Waals surface area contributed by atoms with Gasteiger partial charge in [0.1, 0.15) is 18.1 Å². The standard InChI is InChI=1S/C22H28FN3O4/c1-16(2)26(22(28)24-20-10-4-3-9-19(20)23)15-21(27)25(13-17-7-5-11-29-17)14-18-8-6-12-30-18/h3-5,7,9-11,16,18H,6,8,12-15H2,1-2H3,(H,24,28)/t18-/m1/s1. The normalized spacial score (nSPS) is 15.9. The van der Waals surface area contributed by atoms with Crippen LogP contribution < -0.4 is 5.32 Å². The van der Waals surface area contributed by atoms with Gasteiger partial charge in [0.2, 0.25) is 5.91 Å². The van der Waals surface area contributed by atoms with Crippen LogP contribution in [0.4, 0.5) is 14.9 Å². The highest BCUT2D eigenvalue weighted by Crippen LogP contribution is 2.17. The average molecular weight is 417 g/mol. The number of hydrogen-bond donors (Lipinski definition) is 1. The fourth-order valence-electron chi connectivity index (χ4n) is 3.36. The van der Waals surface area contributed by atoms with Crippen molar-refractivity contribution in [2.45, 2.75) is 45.4 Å². The van der Waals surface area contributed by atoms with E-state index in [2.05, 4.69) is 5.32 Å². The first kappa shape index (κ1) is 21.8. The maximum Gasteiger partial charge on any atom is 0.322 e. The number of nitrogens with zero attached hydrogens (tertiary/aromatic N) is 2. The van der Waals surface area contributed by atoms with Gasteiger partial charge in [0.25, 0.3) is 0 Å². The number of ether oxygens (including phenoxy) is 1. The lowest BCUT2D eigenvalue weighted by Gasteiger charge is -2.31. The second-order valence-corrected chi connectivity index (χ2v) is 7.62. The maximum atomic E-state index is 13.9. The molecule has 1 atom stereocenters. The van der Waals surface area contributed by atoms with Gasteiger partial charge in [-0.2, -0.15) is 0 Å². The highest BCUT2D eigenvalue weighted by molar-refractivity contribution is 5.92. The predicted molar refractivity (Wildman–Crippen MR) is 110 cm³/mol. The van der Waals surface area contributed by atoms with Crippen LogP contribution in [0.2, 0.25) is 0 Å². The van der Waals surface area contributed by atoms with Crippen molar-refractivity contribution in [1.82, 2.24) is 9.80 Å². The number of carbonyl (C=O) groups excluding carboxylic acids is 2. The Morgan fingerprint density at radius 3 is 2.67 bits per heavy atom. The average Bonchev–Trinajstić information content (AvgIpc) is 3.41. The summed E-state index contributed by atoms with van der Waals surface area (Å²) in [7, 11) is 0. The second-order valence-electron chi connectivity index (χ2n) is 7.62. The number of amides is 3. The first-order valence-corrected chi connectivity index (χ1v) is 10.2. The van der Waals surface area contributed by atoms with Crippen LogP contribution in [0.5, 0.6) is 0 Å². The molecule has 1 aromatic carbocycles. The summed E-state index contributed by atoms with van der Waals surface area (Å²) in [6, 6.07) is 8.73. The molecule has 0 spiro atoms. The van der Waals surface area contributed by atoms with Crippen LogP contribution in [-0.4, -0.2) is 53.6 Å². The SMILES string of the molecule is CC(C)N(CC(=O)N(Cc1ccco1)C[C@H]1CCCO1)C(=O)Nc1ccccc1F. The van der Waals surface area contributed by atoms with Gasteiger partial charge in [-0.25, -0.2) is 9.18 Å². The molecule has 1 saturated heterocycles. The zero-order chi connectivity index (χ0) is 21.5. The number of carbonyl (C=O) groups is 2. The minimum Gasteiger partial charge on any atom is -0.467 e. The number of hydrogen-bond acceptors (Lipinski definition) is 4. The summed E-state index contributed by atoms with van der Waals surface area (Å²) in [4.78, 5) is 28.9. The molecule has 1 aliphatic rings. The molecule has 162 valence electrons. The largest absolute Gasteiger partial charge is 0.467 e. The fraction of sp³-hybridized carbons (Fsp3) is 0.455. The van der Waals surface area contributed by atoms with E-state index >= 15 is 0 Å². The third kappa shape index (κ3) is 5.82. The van der Waals surface area contributed by atoms with Crippen molar-refractivity contribution in [2.75, 3.05) is 25.0 Å². The molecular weight excluding hydrogens is 389 g/mol. The van der Waals surface area contributed by atoms with Gasteiger partial charge in [-0.3, -0.25) is 4.79 Å². The molecule has 2 heterocycles. The van der Waals surface area contributed by atoms with Crippen LogP contribution in [0.15, 0.2) is 47.1 Å². The number of para-hydroxylation sites is 1. The van der Waals surface area contributed by atoms with Gasteiger partial charge >= 0.3 is 6.03 Å². The lowest BCUT2D eigenvalue weighted by Crippen LogP contribution is -2.48.